The van der Waals surface area contributed by atoms with Crippen molar-refractivity contribution in [3.05, 3.63) is 126 Å². The molecule has 0 aromatic heterocycles. The fourth-order valence-corrected chi connectivity index (χ4v) is 9.54. The highest BCUT2D eigenvalue weighted by molar-refractivity contribution is 9.09. The number of carbonyl (C=O) groups excluding carboxylic acids is 4. The number of aliphatic hydroxyl groups excluding tert-OH is 1. The van der Waals surface area contributed by atoms with E-state index in [-0.39, 0.29) is 25.3 Å². The zero-order valence-electron chi connectivity index (χ0n) is 30.3. The van der Waals surface area contributed by atoms with E-state index in [1.165, 1.54) is 9.80 Å². The topological polar surface area (TPSA) is 117 Å². The first kappa shape index (κ1) is 39.4. The minimum Gasteiger partial charge on any atom is -0.455 e. The third kappa shape index (κ3) is 7.03. The van der Waals surface area contributed by atoms with Gasteiger partial charge >= 0.3 is 5.97 Å². The molecule has 0 radical (unpaired) electrons. The van der Waals surface area contributed by atoms with Gasteiger partial charge in [-0.2, -0.15) is 0 Å². The van der Waals surface area contributed by atoms with Gasteiger partial charge in [0.1, 0.15) is 17.7 Å². The largest absolute Gasteiger partial charge is 0.455 e. The molecule has 3 aromatic carbocycles. The second-order valence-corrected chi connectivity index (χ2v) is 15.6. The molecule has 3 amide bonds. The van der Waals surface area contributed by atoms with Gasteiger partial charge in [-0.1, -0.05) is 112 Å². The number of ether oxygens (including phenoxy) is 2. The number of alkyl halides is 1. The lowest BCUT2D eigenvalue weighted by Gasteiger charge is -2.39. The molecule has 1 unspecified atom stereocenters. The molecule has 1 N–H and O–H groups in total. The Morgan fingerprint density at radius 1 is 1.04 bits per heavy atom. The van der Waals surface area contributed by atoms with E-state index in [0.717, 1.165) is 0 Å². The minimum atomic E-state index is -1.47. The molecule has 6 rings (SSSR count). The smallest absolute Gasteiger partial charge is 0.313 e. The Bertz CT molecular complexity index is 1880. The number of aliphatic hydroxyl groups is 1. The normalized spacial score (nSPS) is 25.7. The highest BCUT2D eigenvalue weighted by Gasteiger charge is 2.78. The summed E-state index contributed by atoms with van der Waals surface area (Å²) < 4.78 is 13.2. The van der Waals surface area contributed by atoms with E-state index in [4.69, 9.17) is 21.1 Å². The van der Waals surface area contributed by atoms with Crippen molar-refractivity contribution in [1.82, 2.24) is 9.80 Å². The maximum absolute atomic E-state index is 15.2. The van der Waals surface area contributed by atoms with Gasteiger partial charge in [0.15, 0.2) is 0 Å². The Balaban J connectivity index is 1.43. The predicted molar refractivity (Wildman–Crippen MR) is 210 cm³/mol. The molecule has 3 aliphatic rings. The van der Waals surface area contributed by atoms with Crippen LogP contribution in [0, 0.1) is 11.8 Å². The Morgan fingerprint density at radius 3 is 2.28 bits per heavy atom. The van der Waals surface area contributed by atoms with Crippen LogP contribution in [0.15, 0.2) is 110 Å². The fourth-order valence-electron chi connectivity index (χ4n) is 8.36. The molecule has 3 aromatic rings. The Kier molecular flexibility index (Phi) is 12.1. The summed E-state index contributed by atoms with van der Waals surface area (Å²) in [6, 6.07) is 22.3. The van der Waals surface area contributed by atoms with Crippen LogP contribution in [0.4, 0.5) is 5.69 Å². The van der Waals surface area contributed by atoms with Crippen molar-refractivity contribution in [1.29, 1.82) is 0 Å². The summed E-state index contributed by atoms with van der Waals surface area (Å²) in [5.74, 6) is -4.04. The number of hydrogen-bond acceptors (Lipinski definition) is 7. The van der Waals surface area contributed by atoms with Gasteiger partial charge in [-0.15, -0.1) is 13.2 Å². The van der Waals surface area contributed by atoms with Crippen molar-refractivity contribution >= 4 is 56.9 Å². The number of rotatable bonds is 15. The van der Waals surface area contributed by atoms with Crippen molar-refractivity contribution in [2.24, 2.45) is 11.8 Å². The third-order valence-corrected chi connectivity index (χ3v) is 12.2. The number of likely N-dealkylation sites (tertiary alicyclic amines) is 1. The van der Waals surface area contributed by atoms with Crippen molar-refractivity contribution in [2.75, 3.05) is 25.1 Å². The highest BCUT2D eigenvalue weighted by atomic mass is 79.9. The molecular formula is C42H45BrClN3O7. The molecule has 3 fully saturated rings. The summed E-state index contributed by atoms with van der Waals surface area (Å²) in [5.41, 5.74) is 0.237. The number of allylic oxidation sites excluding steroid dienone is 1. The summed E-state index contributed by atoms with van der Waals surface area (Å²) >= 11 is 10.4. The van der Waals surface area contributed by atoms with Crippen LogP contribution < -0.4 is 4.90 Å². The molecule has 0 aliphatic carbocycles. The molecule has 9 atom stereocenters. The van der Waals surface area contributed by atoms with Crippen molar-refractivity contribution in [2.45, 2.75) is 66.9 Å². The highest BCUT2D eigenvalue weighted by Crippen LogP contribution is 2.62. The van der Waals surface area contributed by atoms with Crippen molar-refractivity contribution < 1.29 is 33.8 Å². The van der Waals surface area contributed by atoms with Crippen LogP contribution in [0.1, 0.15) is 49.5 Å². The van der Waals surface area contributed by atoms with Gasteiger partial charge in [0.25, 0.3) is 5.91 Å². The molecule has 3 heterocycles. The Hall–Kier alpha value is -4.29. The molecular weight excluding hydrogens is 774 g/mol. The van der Waals surface area contributed by atoms with E-state index in [1.54, 1.807) is 72.6 Å². The van der Waals surface area contributed by atoms with Gasteiger partial charge in [-0.05, 0) is 43.0 Å². The molecule has 0 saturated carbocycles. The summed E-state index contributed by atoms with van der Waals surface area (Å²) in [5, 5.41) is 11.3. The van der Waals surface area contributed by atoms with Crippen LogP contribution >= 0.6 is 27.5 Å². The molecule has 10 nitrogen and oxygen atoms in total. The number of benzene rings is 3. The number of likely N-dealkylation sites (N-methyl/N-ethyl adjacent to an activating group) is 1. The lowest BCUT2D eigenvalue weighted by Crippen LogP contribution is -2.57. The first-order valence-electron chi connectivity index (χ1n) is 18.1. The molecule has 54 heavy (non-hydrogen) atoms. The van der Waals surface area contributed by atoms with Crippen LogP contribution in [0.25, 0.3) is 0 Å². The number of nitrogens with zero attached hydrogens (tertiary/aromatic N) is 3. The molecule has 2 bridgehead atoms. The number of halogens is 2. The van der Waals surface area contributed by atoms with Crippen LogP contribution in [0.2, 0.25) is 5.02 Å². The van der Waals surface area contributed by atoms with Crippen LogP contribution in [0.5, 0.6) is 0 Å². The summed E-state index contributed by atoms with van der Waals surface area (Å²) in [4.78, 5) is 62.1. The summed E-state index contributed by atoms with van der Waals surface area (Å²) in [7, 11) is 1.67. The molecule has 12 heteroatoms. The average Bonchev–Trinajstić information content (AvgIpc) is 3.78. The van der Waals surface area contributed by atoms with Crippen LogP contribution in [0.3, 0.4) is 0 Å². The fraction of sp³-hybridized carbons (Fsp3) is 0.381. The number of fused-ring (bicyclic) bond motifs is 1. The number of hydrogen-bond donors (Lipinski definition) is 1. The average molecular weight is 819 g/mol. The standard InChI is InChI=1S/C42H45BrClN3O7/c1-5-7-22-33(49)45(4)26(3)36(28-18-12-9-13-19-28)53-41(52)34-35-39(50)47(32(25-48)27-16-10-8-11-17-27)38(42(35)24-29(43)37(34)54-42)40(51)46(23-6-2)31-21-15-14-20-30(31)44/h5-6,8-21,26,29,32,34-38,48H,1-2,7,22-25H2,3-4H3/t26-,29?,32+,34-,35+,36+,37-,38-,42+/m0/s1. The van der Waals surface area contributed by atoms with E-state index in [2.05, 4.69) is 29.1 Å². The van der Waals surface area contributed by atoms with Crippen molar-refractivity contribution in [3.63, 3.8) is 0 Å². The summed E-state index contributed by atoms with van der Waals surface area (Å²) in [6.07, 6.45) is 2.54. The number of esters is 1. The maximum atomic E-state index is 15.2. The third-order valence-electron chi connectivity index (χ3n) is 11.0. The monoisotopic (exact) mass is 817 g/mol. The SMILES string of the molecule is C=CCCC(=O)N(C)[C@@H](C)[C@@H](OC(=O)[C@@H]1[C@H]2O[C@@]3(CC2Br)[C@H](C(=O)N(CC=C)c2ccccc2Cl)N([C@H](CO)c2ccccc2)C(=O)[C@@H]13)c1ccccc1. The van der Waals surface area contributed by atoms with E-state index in [0.29, 0.717) is 28.3 Å². The zero-order valence-corrected chi connectivity index (χ0v) is 32.6. The second-order valence-electron chi connectivity index (χ2n) is 14.0. The van der Waals surface area contributed by atoms with E-state index in [1.807, 2.05) is 43.3 Å². The van der Waals surface area contributed by atoms with E-state index >= 15 is 9.59 Å². The van der Waals surface area contributed by atoms with Crippen LogP contribution in [-0.4, -0.2) is 87.4 Å². The van der Waals surface area contributed by atoms with Gasteiger partial charge in [0, 0.05) is 24.8 Å². The van der Waals surface area contributed by atoms with Gasteiger partial charge in [0.2, 0.25) is 11.8 Å². The molecule has 3 saturated heterocycles. The number of amides is 3. The van der Waals surface area contributed by atoms with Crippen LogP contribution in [-0.2, 0) is 28.7 Å². The number of carbonyl (C=O) groups is 4. The number of anilines is 1. The first-order chi connectivity index (χ1) is 26.0. The predicted octanol–water partition coefficient (Wildman–Crippen LogP) is 6.44. The Labute approximate surface area is 329 Å². The van der Waals surface area contributed by atoms with Crippen molar-refractivity contribution in [3.8, 4) is 0 Å². The maximum Gasteiger partial charge on any atom is 0.313 e. The zero-order chi connectivity index (χ0) is 38.7. The molecule has 1 spiro atoms. The Morgan fingerprint density at radius 2 is 1.67 bits per heavy atom. The first-order valence-corrected chi connectivity index (χ1v) is 19.4. The molecule has 284 valence electrons. The lowest BCUT2D eigenvalue weighted by atomic mass is 9.70. The van der Waals surface area contributed by atoms with E-state index in [9.17, 15) is 14.7 Å². The molecule has 3 aliphatic heterocycles. The van der Waals surface area contributed by atoms with E-state index < -0.39 is 77.0 Å². The van der Waals surface area contributed by atoms with Gasteiger partial charge < -0.3 is 29.3 Å². The van der Waals surface area contributed by atoms with Gasteiger partial charge in [0.05, 0.1) is 47.3 Å². The van der Waals surface area contributed by atoms with Gasteiger partial charge in [-0.3, -0.25) is 19.2 Å². The van der Waals surface area contributed by atoms with Gasteiger partial charge in [-0.25, -0.2) is 0 Å². The minimum absolute atomic E-state index is 0.0687. The number of para-hydroxylation sites is 1. The summed E-state index contributed by atoms with van der Waals surface area (Å²) in [6.45, 7) is 8.98. The lowest BCUT2D eigenvalue weighted by molar-refractivity contribution is -0.165. The second kappa shape index (κ2) is 16.6. The quantitative estimate of drug-likeness (QED) is 0.107.